The maximum atomic E-state index is 10.6. The lowest BCUT2D eigenvalue weighted by Gasteiger charge is -2.31. The number of halogens is 3. The quantitative estimate of drug-likeness (QED) is 0.661. The van der Waals surface area contributed by atoms with E-state index in [1.165, 1.54) is 0 Å². The summed E-state index contributed by atoms with van der Waals surface area (Å²) in [4.78, 5) is 13.6. The zero-order valence-corrected chi connectivity index (χ0v) is 15.9. The maximum absolute atomic E-state index is 10.6. The molecule has 1 aliphatic heterocycles. The third kappa shape index (κ3) is 4.08. The molecule has 3 atom stereocenters. The van der Waals surface area contributed by atoms with Crippen molar-refractivity contribution in [1.29, 1.82) is 0 Å². The molecule has 12 heteroatoms. The number of aromatic nitrogens is 5. The molecule has 2 N–H and O–H groups in total. The third-order valence-corrected chi connectivity index (χ3v) is 5.17. The number of carboxylic acids is 1. The molecule has 160 valence electrons. The number of aryl methyl sites for hydroxylation is 1. The molecule has 0 radical (unpaired) electrons. The molecule has 2 aliphatic rings. The minimum absolute atomic E-state index is 0.232. The van der Waals surface area contributed by atoms with Crippen LogP contribution in [0.5, 0.6) is 5.88 Å². The van der Waals surface area contributed by atoms with E-state index in [0.29, 0.717) is 11.9 Å². The van der Waals surface area contributed by atoms with E-state index in [-0.39, 0.29) is 6.10 Å². The number of nitrogens with zero attached hydrogens (tertiary/aromatic N) is 5. The number of alkyl halides is 3. The molecule has 2 fully saturated rings. The third-order valence-electron chi connectivity index (χ3n) is 5.17. The van der Waals surface area contributed by atoms with Crippen LogP contribution in [-0.4, -0.2) is 60.3 Å². The van der Waals surface area contributed by atoms with Crippen LogP contribution in [0.25, 0.3) is 16.8 Å². The van der Waals surface area contributed by atoms with Gasteiger partial charge in [0.2, 0.25) is 5.88 Å². The fourth-order valence-electron chi connectivity index (χ4n) is 3.62. The molecule has 30 heavy (non-hydrogen) atoms. The van der Waals surface area contributed by atoms with Crippen molar-refractivity contribution < 1.29 is 27.8 Å². The number of nitrogens with one attached hydrogen (secondary N) is 1. The van der Waals surface area contributed by atoms with Gasteiger partial charge in [-0.1, -0.05) is 0 Å². The Morgan fingerprint density at radius 1 is 1.30 bits per heavy atom. The average Bonchev–Trinajstić information content (AvgIpc) is 3.36. The fraction of sp³-hybridized carbons (Fsp3) is 0.444. The van der Waals surface area contributed by atoms with Gasteiger partial charge >= 0.3 is 12.1 Å². The molecule has 3 aromatic heterocycles. The van der Waals surface area contributed by atoms with Gasteiger partial charge in [-0.05, 0) is 31.4 Å². The molecule has 0 amide bonds. The maximum Gasteiger partial charge on any atom is 0.490 e. The second-order valence-electron chi connectivity index (χ2n) is 7.28. The van der Waals surface area contributed by atoms with E-state index in [2.05, 4.69) is 15.5 Å². The molecule has 0 aromatic carbocycles. The summed E-state index contributed by atoms with van der Waals surface area (Å²) in [5.41, 5.74) is 2.69. The number of fused-ring (bicyclic) bond motifs is 2. The molecule has 1 aliphatic carbocycles. The fourth-order valence-corrected chi connectivity index (χ4v) is 3.62. The van der Waals surface area contributed by atoms with Gasteiger partial charge in [-0.25, -0.2) is 14.3 Å². The van der Waals surface area contributed by atoms with Crippen LogP contribution in [0.15, 0.2) is 30.9 Å². The standard InChI is InChI=1S/C16H18N6O.C2HF3O2/c1-21-8-11(7-19-21)14-9-22-15(2-3-18-22)16(20-14)23-12-4-10-6-17-13(10)5-12;3-2(4,5)1(6)7/h2-3,7-10,12-13,17H,4-6H2,1H3;(H,6,7). The monoisotopic (exact) mass is 424 g/mol. The second kappa shape index (κ2) is 7.59. The van der Waals surface area contributed by atoms with Crippen LogP contribution in [0, 0.1) is 5.92 Å². The van der Waals surface area contributed by atoms with E-state index in [1.54, 1.807) is 17.1 Å². The smallest absolute Gasteiger partial charge is 0.475 e. The first-order chi connectivity index (χ1) is 14.2. The Balaban J connectivity index is 0.000000272. The van der Waals surface area contributed by atoms with E-state index >= 15 is 0 Å². The number of ether oxygens (including phenoxy) is 1. The lowest BCUT2D eigenvalue weighted by Crippen LogP contribution is -2.49. The lowest BCUT2D eigenvalue weighted by molar-refractivity contribution is -0.192. The van der Waals surface area contributed by atoms with E-state index in [1.807, 2.05) is 30.0 Å². The SMILES string of the molecule is Cn1cc(-c2cn3nccc3c(OC3CC4CNC4C3)n2)cn1.O=C(O)C(F)(F)F. The van der Waals surface area contributed by atoms with Gasteiger partial charge in [0, 0.05) is 24.8 Å². The predicted molar refractivity (Wildman–Crippen MR) is 97.8 cm³/mol. The average molecular weight is 424 g/mol. The van der Waals surface area contributed by atoms with Gasteiger partial charge in [0.1, 0.15) is 11.6 Å². The summed E-state index contributed by atoms with van der Waals surface area (Å²) >= 11 is 0. The van der Waals surface area contributed by atoms with Crippen LogP contribution in [0.2, 0.25) is 0 Å². The molecule has 1 saturated heterocycles. The summed E-state index contributed by atoms with van der Waals surface area (Å²) in [7, 11) is 1.90. The van der Waals surface area contributed by atoms with Crippen molar-refractivity contribution in [3.63, 3.8) is 0 Å². The first-order valence-corrected chi connectivity index (χ1v) is 9.24. The highest BCUT2D eigenvalue weighted by atomic mass is 19.4. The molecule has 9 nitrogen and oxygen atoms in total. The van der Waals surface area contributed by atoms with Crippen LogP contribution >= 0.6 is 0 Å². The van der Waals surface area contributed by atoms with Crippen LogP contribution in [-0.2, 0) is 11.8 Å². The van der Waals surface area contributed by atoms with Crippen LogP contribution in [0.3, 0.4) is 0 Å². The van der Waals surface area contributed by atoms with Gasteiger partial charge in [-0.15, -0.1) is 0 Å². The number of carboxylic acid groups (broad SMARTS) is 1. The van der Waals surface area contributed by atoms with Crippen LogP contribution in [0.4, 0.5) is 13.2 Å². The Kier molecular flexibility index (Phi) is 5.10. The largest absolute Gasteiger partial charge is 0.490 e. The van der Waals surface area contributed by atoms with Crippen molar-refractivity contribution in [3.05, 3.63) is 30.9 Å². The van der Waals surface area contributed by atoms with Gasteiger partial charge in [0.05, 0.1) is 24.3 Å². The second-order valence-corrected chi connectivity index (χ2v) is 7.28. The van der Waals surface area contributed by atoms with Crippen LogP contribution < -0.4 is 10.1 Å². The van der Waals surface area contributed by atoms with Gasteiger partial charge in [-0.2, -0.15) is 23.4 Å². The Labute approximate surface area is 168 Å². The molecule has 3 aromatic rings. The summed E-state index contributed by atoms with van der Waals surface area (Å²) in [6, 6.07) is 2.57. The molecule has 3 unspecified atom stereocenters. The number of aliphatic carboxylic acids is 1. The molecular weight excluding hydrogens is 405 g/mol. The highest BCUT2D eigenvalue weighted by Gasteiger charge is 2.41. The normalized spacial score (nSPS) is 22.7. The summed E-state index contributed by atoms with van der Waals surface area (Å²) in [5.74, 6) is -1.33. The van der Waals surface area contributed by atoms with Crippen molar-refractivity contribution in [2.75, 3.05) is 6.54 Å². The number of hydrogen-bond acceptors (Lipinski definition) is 6. The number of rotatable bonds is 3. The van der Waals surface area contributed by atoms with Gasteiger partial charge in [0.15, 0.2) is 0 Å². The molecule has 0 bridgehead atoms. The number of carbonyl (C=O) groups is 1. The van der Waals surface area contributed by atoms with Crippen molar-refractivity contribution >= 4 is 11.5 Å². The van der Waals surface area contributed by atoms with E-state index in [9.17, 15) is 13.2 Å². The summed E-state index contributed by atoms with van der Waals surface area (Å²) in [5, 5.41) is 19.2. The highest BCUT2D eigenvalue weighted by Crippen LogP contribution is 2.35. The molecule has 5 rings (SSSR count). The van der Waals surface area contributed by atoms with Crippen molar-refractivity contribution in [2.45, 2.75) is 31.2 Å². The van der Waals surface area contributed by atoms with Crippen molar-refractivity contribution in [3.8, 4) is 17.1 Å². The first-order valence-electron chi connectivity index (χ1n) is 9.24. The van der Waals surface area contributed by atoms with Gasteiger partial charge in [-0.3, -0.25) is 4.68 Å². The molecule has 0 spiro atoms. The number of hydrogen-bond donors (Lipinski definition) is 2. The zero-order valence-electron chi connectivity index (χ0n) is 15.9. The molecule has 1 saturated carbocycles. The van der Waals surface area contributed by atoms with Crippen molar-refractivity contribution in [1.82, 2.24) is 29.7 Å². The minimum Gasteiger partial charge on any atom is -0.475 e. The Morgan fingerprint density at radius 2 is 2.07 bits per heavy atom. The lowest BCUT2D eigenvalue weighted by atomic mass is 9.96. The molecule has 4 heterocycles. The highest BCUT2D eigenvalue weighted by molar-refractivity contribution is 5.73. The summed E-state index contributed by atoms with van der Waals surface area (Å²) in [6.07, 6.45) is 4.76. The first kappa shape index (κ1) is 20.1. The Bertz CT molecular complexity index is 1050. The topological polar surface area (TPSA) is 107 Å². The Morgan fingerprint density at radius 3 is 2.60 bits per heavy atom. The Hall–Kier alpha value is -3.15. The summed E-state index contributed by atoms with van der Waals surface area (Å²) in [6.45, 7) is 1.12. The van der Waals surface area contributed by atoms with E-state index < -0.39 is 12.1 Å². The van der Waals surface area contributed by atoms with E-state index in [0.717, 1.165) is 42.1 Å². The van der Waals surface area contributed by atoms with Crippen LogP contribution in [0.1, 0.15) is 12.8 Å². The van der Waals surface area contributed by atoms with Gasteiger partial charge < -0.3 is 15.2 Å². The van der Waals surface area contributed by atoms with Gasteiger partial charge in [0.25, 0.3) is 0 Å². The van der Waals surface area contributed by atoms with E-state index in [4.69, 9.17) is 19.6 Å². The summed E-state index contributed by atoms with van der Waals surface area (Å²) < 4.78 is 41.6. The molecular formula is C18H19F3N6O3. The zero-order chi connectivity index (χ0) is 21.5. The minimum atomic E-state index is -5.08. The van der Waals surface area contributed by atoms with Crippen molar-refractivity contribution in [2.24, 2.45) is 13.0 Å². The predicted octanol–water partition coefficient (Wildman–Crippen LogP) is 1.89.